The van der Waals surface area contributed by atoms with Crippen LogP contribution in [-0.2, 0) is 13.0 Å². The Morgan fingerprint density at radius 1 is 1.04 bits per heavy atom. The zero-order valence-electron chi connectivity index (χ0n) is 13.4. The van der Waals surface area contributed by atoms with E-state index in [1.54, 1.807) is 13.2 Å². The van der Waals surface area contributed by atoms with E-state index in [9.17, 15) is 4.79 Å². The summed E-state index contributed by atoms with van der Waals surface area (Å²) >= 11 is 2.26. The number of aromatic nitrogens is 1. The van der Waals surface area contributed by atoms with Crippen molar-refractivity contribution in [2.45, 2.75) is 13.0 Å². The van der Waals surface area contributed by atoms with Gasteiger partial charge in [-0.15, -0.1) is 0 Å². The average molecular weight is 433 g/mol. The molecule has 4 nitrogen and oxygen atoms in total. The molecule has 0 radical (unpaired) electrons. The molecule has 0 unspecified atom stereocenters. The maximum Gasteiger partial charge on any atom is 0.229 e. The van der Waals surface area contributed by atoms with Gasteiger partial charge in [-0.05, 0) is 64.9 Å². The van der Waals surface area contributed by atoms with E-state index in [-0.39, 0.29) is 5.43 Å². The van der Waals surface area contributed by atoms with Crippen molar-refractivity contribution in [3.63, 3.8) is 0 Å². The highest BCUT2D eigenvalue weighted by Crippen LogP contribution is 2.37. The molecule has 1 aromatic carbocycles. The van der Waals surface area contributed by atoms with E-state index in [0.717, 1.165) is 33.5 Å². The zero-order chi connectivity index (χ0) is 16.8. The lowest BCUT2D eigenvalue weighted by Crippen LogP contribution is -2.17. The molecule has 2 heterocycles. The Hall–Kier alpha value is -2.02. The number of hydrogen-bond acceptors (Lipinski definition) is 3. The predicted molar refractivity (Wildman–Crippen MR) is 102 cm³/mol. The van der Waals surface area contributed by atoms with Crippen LogP contribution < -0.4 is 14.9 Å². The monoisotopic (exact) mass is 433 g/mol. The molecule has 0 aromatic heterocycles. The number of nitrogens with zero attached hydrogens (tertiary/aromatic N) is 1. The first-order valence-corrected chi connectivity index (χ1v) is 8.78. The molecule has 0 spiro atoms. The highest BCUT2D eigenvalue weighted by molar-refractivity contribution is 14.1. The van der Waals surface area contributed by atoms with Crippen molar-refractivity contribution in [3.05, 3.63) is 55.9 Å². The second kappa shape index (κ2) is 5.81. The number of halogens is 1. The predicted octanol–water partition coefficient (Wildman–Crippen LogP) is 3.80. The van der Waals surface area contributed by atoms with Gasteiger partial charge in [0.2, 0.25) is 5.43 Å². The van der Waals surface area contributed by atoms with Crippen molar-refractivity contribution in [3.8, 4) is 33.9 Å². The van der Waals surface area contributed by atoms with Gasteiger partial charge in [0, 0.05) is 33.1 Å². The van der Waals surface area contributed by atoms with Gasteiger partial charge >= 0.3 is 0 Å². The summed E-state index contributed by atoms with van der Waals surface area (Å²) in [4.78, 5) is 12.6. The first-order chi connectivity index (χ1) is 11.6. The Morgan fingerprint density at radius 3 is 2.62 bits per heavy atom. The molecule has 5 heteroatoms. The number of ether oxygens (including phenoxy) is 2. The largest absolute Gasteiger partial charge is 0.497 e. The molecule has 4 rings (SSSR count). The number of hydrogen-bond donors (Lipinski definition) is 0. The van der Waals surface area contributed by atoms with Crippen LogP contribution in [0.3, 0.4) is 0 Å². The summed E-state index contributed by atoms with van der Waals surface area (Å²) < 4.78 is 13.7. The molecule has 0 saturated carbocycles. The first-order valence-electron chi connectivity index (χ1n) is 7.70. The lowest BCUT2D eigenvalue weighted by atomic mass is 9.94. The second-order valence-corrected chi connectivity index (χ2v) is 7.00. The van der Waals surface area contributed by atoms with Crippen LogP contribution in [0.5, 0.6) is 11.5 Å². The third-order valence-corrected chi connectivity index (χ3v) is 5.47. The third kappa shape index (κ3) is 2.30. The number of fused-ring (bicyclic) bond motifs is 4. The molecule has 1 aliphatic carbocycles. The van der Waals surface area contributed by atoms with Crippen LogP contribution in [0.2, 0.25) is 0 Å². The molecular weight excluding hydrogens is 417 g/mol. The van der Waals surface area contributed by atoms with Gasteiger partial charge in [0.05, 0.1) is 19.8 Å². The van der Waals surface area contributed by atoms with Gasteiger partial charge in [0.15, 0.2) is 5.75 Å². The van der Waals surface area contributed by atoms with Gasteiger partial charge < -0.3 is 14.0 Å². The Kier molecular flexibility index (Phi) is 3.75. The summed E-state index contributed by atoms with van der Waals surface area (Å²) in [7, 11) is 3.22. The van der Waals surface area contributed by atoms with Crippen LogP contribution in [0.15, 0.2) is 41.3 Å². The van der Waals surface area contributed by atoms with E-state index in [0.29, 0.717) is 11.3 Å². The molecule has 0 bridgehead atoms. The number of aryl methyl sites for hydroxylation is 2. The van der Waals surface area contributed by atoms with E-state index in [1.807, 2.05) is 12.3 Å². The Bertz CT molecular complexity index is 977. The van der Waals surface area contributed by atoms with Crippen LogP contribution in [-0.4, -0.2) is 18.8 Å². The van der Waals surface area contributed by atoms with Crippen LogP contribution in [0, 0.1) is 3.57 Å². The maximum atomic E-state index is 12.6. The summed E-state index contributed by atoms with van der Waals surface area (Å²) in [6.07, 6.45) is 2.88. The van der Waals surface area contributed by atoms with Crippen LogP contribution in [0.25, 0.3) is 22.4 Å². The molecular formula is C19H16INO3. The molecule has 24 heavy (non-hydrogen) atoms. The molecule has 0 fully saturated rings. The third-order valence-electron chi connectivity index (χ3n) is 4.58. The zero-order valence-corrected chi connectivity index (χ0v) is 15.6. The summed E-state index contributed by atoms with van der Waals surface area (Å²) in [6.45, 7) is 0.846. The van der Waals surface area contributed by atoms with Gasteiger partial charge in [-0.3, -0.25) is 4.79 Å². The van der Waals surface area contributed by atoms with E-state index in [4.69, 9.17) is 9.47 Å². The fraction of sp³-hybridized carbons (Fsp3) is 0.211. The maximum absolute atomic E-state index is 12.6. The quantitative estimate of drug-likeness (QED) is 0.578. The van der Waals surface area contributed by atoms with Gasteiger partial charge in [0.1, 0.15) is 5.75 Å². The highest BCUT2D eigenvalue weighted by Gasteiger charge is 2.22. The van der Waals surface area contributed by atoms with Crippen molar-refractivity contribution in [1.82, 2.24) is 4.57 Å². The topological polar surface area (TPSA) is 40.5 Å². The number of methoxy groups -OCH3 is 2. The molecule has 1 aromatic rings. The Balaban J connectivity index is 1.99. The van der Waals surface area contributed by atoms with Crippen molar-refractivity contribution in [1.29, 1.82) is 0 Å². The van der Waals surface area contributed by atoms with Crippen molar-refractivity contribution >= 4 is 22.6 Å². The molecule has 2 aliphatic heterocycles. The number of benzene rings is 2. The van der Waals surface area contributed by atoms with Crippen LogP contribution in [0.4, 0.5) is 0 Å². The second-order valence-electron chi connectivity index (χ2n) is 5.84. The van der Waals surface area contributed by atoms with Crippen molar-refractivity contribution < 1.29 is 9.47 Å². The van der Waals surface area contributed by atoms with Gasteiger partial charge in [-0.1, -0.05) is 0 Å². The highest BCUT2D eigenvalue weighted by atomic mass is 127. The van der Waals surface area contributed by atoms with Crippen molar-refractivity contribution in [2.24, 2.45) is 0 Å². The normalized spacial score (nSPS) is 12.6. The van der Waals surface area contributed by atoms with E-state index in [1.165, 1.54) is 18.2 Å². The molecule has 0 atom stereocenters. The molecule has 0 amide bonds. The summed E-state index contributed by atoms with van der Waals surface area (Å²) in [5.74, 6) is 1.28. The minimum atomic E-state index is -0.0521. The smallest absolute Gasteiger partial charge is 0.229 e. The summed E-state index contributed by atoms with van der Waals surface area (Å²) in [5.41, 5.74) is 5.23. The van der Waals surface area contributed by atoms with Gasteiger partial charge in [-0.2, -0.15) is 0 Å². The minimum Gasteiger partial charge on any atom is -0.497 e. The Labute approximate surface area is 153 Å². The summed E-state index contributed by atoms with van der Waals surface area (Å²) in [6, 6.07) is 10.1. The Morgan fingerprint density at radius 2 is 1.88 bits per heavy atom. The lowest BCUT2D eigenvalue weighted by Gasteiger charge is -2.25. The standard InChI is InChI=1S/C19H16INO3/c1-23-12-3-4-13-11(7-12)5-6-21-10-15-14(8-17(13)21)16(20)9-18(24-2)19(15)22/h3-4,7-10H,5-6H2,1-2H3. The van der Waals surface area contributed by atoms with Crippen LogP contribution in [0.1, 0.15) is 5.56 Å². The molecule has 0 saturated heterocycles. The lowest BCUT2D eigenvalue weighted by molar-refractivity contribution is 0.410. The van der Waals surface area contributed by atoms with E-state index < -0.39 is 0 Å². The van der Waals surface area contributed by atoms with E-state index in [2.05, 4.69) is 45.4 Å². The van der Waals surface area contributed by atoms with Gasteiger partial charge in [-0.25, -0.2) is 0 Å². The minimum absolute atomic E-state index is 0.0521. The first kappa shape index (κ1) is 15.5. The number of pyridine rings is 1. The SMILES string of the molecule is COc1ccc2c(c1)CCn1cc3c(=O)c(OC)cc(I)c-3cc1-2. The average Bonchev–Trinajstić information content (AvgIpc) is 2.62. The van der Waals surface area contributed by atoms with Gasteiger partial charge in [0.25, 0.3) is 0 Å². The van der Waals surface area contributed by atoms with Crippen molar-refractivity contribution in [2.75, 3.05) is 14.2 Å². The number of rotatable bonds is 2. The fourth-order valence-electron chi connectivity index (χ4n) is 3.33. The summed E-state index contributed by atoms with van der Waals surface area (Å²) in [5, 5.41) is 0. The van der Waals surface area contributed by atoms with E-state index >= 15 is 0 Å². The fourth-order valence-corrected chi connectivity index (χ4v) is 4.05. The molecule has 3 aliphatic rings. The molecule has 122 valence electrons. The molecule has 0 N–H and O–H groups in total. The van der Waals surface area contributed by atoms with Crippen LogP contribution >= 0.6 is 22.6 Å².